The van der Waals surface area contributed by atoms with Crippen LogP contribution in [-0.4, -0.2) is 24.8 Å². The molecular formula is C14H21ClN2O. The number of nitrogens with two attached hydrogens (primary N) is 1. The van der Waals surface area contributed by atoms with Crippen molar-refractivity contribution in [2.24, 2.45) is 5.73 Å². The predicted molar refractivity (Wildman–Crippen MR) is 76.2 cm³/mol. The Kier molecular flexibility index (Phi) is 4.15. The lowest BCUT2D eigenvalue weighted by Gasteiger charge is -2.47. The van der Waals surface area contributed by atoms with Gasteiger partial charge in [0, 0.05) is 23.9 Å². The van der Waals surface area contributed by atoms with Crippen molar-refractivity contribution in [2.75, 3.05) is 18.5 Å². The van der Waals surface area contributed by atoms with Gasteiger partial charge >= 0.3 is 0 Å². The number of hydrogen-bond donors (Lipinski definition) is 2. The van der Waals surface area contributed by atoms with Gasteiger partial charge in [0.25, 0.3) is 0 Å². The van der Waals surface area contributed by atoms with E-state index < -0.39 is 0 Å². The van der Waals surface area contributed by atoms with Crippen molar-refractivity contribution in [3.05, 3.63) is 28.8 Å². The molecule has 0 saturated heterocycles. The van der Waals surface area contributed by atoms with Crippen LogP contribution in [0.25, 0.3) is 0 Å². The number of ether oxygens (including phenoxy) is 1. The Balaban J connectivity index is 2.01. The molecule has 100 valence electrons. The highest BCUT2D eigenvalue weighted by Gasteiger charge is 2.43. The lowest BCUT2D eigenvalue weighted by Crippen LogP contribution is -2.58. The van der Waals surface area contributed by atoms with Gasteiger partial charge in [-0.25, -0.2) is 0 Å². The highest BCUT2D eigenvalue weighted by Crippen LogP contribution is 2.37. The highest BCUT2D eigenvalue weighted by molar-refractivity contribution is 6.31. The van der Waals surface area contributed by atoms with Gasteiger partial charge in [-0.2, -0.15) is 0 Å². The summed E-state index contributed by atoms with van der Waals surface area (Å²) in [5.74, 6) is 0. The van der Waals surface area contributed by atoms with E-state index in [0.29, 0.717) is 12.6 Å². The molecule has 3 N–H and O–H groups in total. The summed E-state index contributed by atoms with van der Waals surface area (Å²) in [6, 6.07) is 6.03. The van der Waals surface area contributed by atoms with Crippen LogP contribution in [0.5, 0.6) is 0 Å². The Morgan fingerprint density at radius 3 is 2.78 bits per heavy atom. The average Bonchev–Trinajstić information content (AvgIpc) is 2.31. The van der Waals surface area contributed by atoms with E-state index in [1.807, 2.05) is 32.0 Å². The van der Waals surface area contributed by atoms with Crippen molar-refractivity contribution in [1.82, 2.24) is 0 Å². The van der Waals surface area contributed by atoms with Gasteiger partial charge in [-0.15, -0.1) is 0 Å². The van der Waals surface area contributed by atoms with E-state index in [4.69, 9.17) is 22.1 Å². The molecule has 0 radical (unpaired) electrons. The zero-order valence-corrected chi connectivity index (χ0v) is 11.8. The van der Waals surface area contributed by atoms with E-state index in [9.17, 15) is 0 Å². The minimum atomic E-state index is -0.0293. The van der Waals surface area contributed by atoms with Crippen molar-refractivity contribution in [2.45, 2.75) is 38.3 Å². The van der Waals surface area contributed by atoms with Crippen LogP contribution >= 0.6 is 11.6 Å². The number of anilines is 1. The Labute approximate surface area is 114 Å². The topological polar surface area (TPSA) is 47.3 Å². The summed E-state index contributed by atoms with van der Waals surface area (Å²) in [6.07, 6.45) is 2.26. The Hall–Kier alpha value is -0.770. The van der Waals surface area contributed by atoms with Gasteiger partial charge in [-0.3, -0.25) is 0 Å². The van der Waals surface area contributed by atoms with Gasteiger partial charge in [0.05, 0.1) is 11.6 Å². The van der Waals surface area contributed by atoms with Crippen LogP contribution in [0.1, 0.15) is 25.3 Å². The molecule has 1 fully saturated rings. The summed E-state index contributed by atoms with van der Waals surface area (Å²) >= 11 is 6.13. The molecule has 1 aromatic rings. The van der Waals surface area contributed by atoms with Crippen LogP contribution in [0.2, 0.25) is 5.02 Å². The maximum Gasteiger partial charge on any atom is 0.0620 e. The summed E-state index contributed by atoms with van der Waals surface area (Å²) in [6.45, 7) is 5.40. The molecule has 0 aromatic heterocycles. The van der Waals surface area contributed by atoms with Crippen LogP contribution in [0.4, 0.5) is 5.69 Å². The highest BCUT2D eigenvalue weighted by atomic mass is 35.5. The minimum Gasteiger partial charge on any atom is -0.378 e. The first-order chi connectivity index (χ1) is 8.58. The van der Waals surface area contributed by atoms with E-state index in [-0.39, 0.29) is 5.54 Å². The van der Waals surface area contributed by atoms with Crippen LogP contribution in [0.15, 0.2) is 18.2 Å². The van der Waals surface area contributed by atoms with Crippen LogP contribution in [0.3, 0.4) is 0 Å². The zero-order valence-electron chi connectivity index (χ0n) is 11.0. The fraction of sp³-hybridized carbons (Fsp3) is 0.571. The van der Waals surface area contributed by atoms with Gasteiger partial charge in [0.1, 0.15) is 0 Å². The Morgan fingerprint density at radius 2 is 2.22 bits per heavy atom. The predicted octanol–water partition coefficient (Wildman–Crippen LogP) is 2.96. The third-order valence-electron chi connectivity index (χ3n) is 3.61. The summed E-state index contributed by atoms with van der Waals surface area (Å²) in [4.78, 5) is 0. The van der Waals surface area contributed by atoms with E-state index in [0.717, 1.165) is 35.7 Å². The maximum atomic E-state index is 6.13. The molecule has 0 spiro atoms. The van der Waals surface area contributed by atoms with Crippen molar-refractivity contribution >= 4 is 17.3 Å². The van der Waals surface area contributed by atoms with Crippen LogP contribution < -0.4 is 11.1 Å². The second kappa shape index (κ2) is 5.47. The first-order valence-electron chi connectivity index (χ1n) is 6.44. The van der Waals surface area contributed by atoms with Gasteiger partial charge in [0.2, 0.25) is 0 Å². The molecule has 0 atom stereocenters. The molecule has 1 aromatic carbocycles. The number of nitrogens with one attached hydrogen (secondary N) is 1. The molecule has 2 rings (SSSR count). The average molecular weight is 269 g/mol. The standard InChI is InChI=1S/C14H21ClN2O/c1-3-18-12-7-14(8-12,9-16)17-11-5-4-10(2)13(15)6-11/h4-6,12,17H,3,7-9,16H2,1-2H3. The van der Waals surface area contributed by atoms with Gasteiger partial charge < -0.3 is 15.8 Å². The van der Waals surface area contributed by atoms with E-state index in [1.54, 1.807) is 0 Å². The quantitative estimate of drug-likeness (QED) is 0.863. The van der Waals surface area contributed by atoms with Crippen LogP contribution in [0, 0.1) is 6.92 Å². The number of hydrogen-bond acceptors (Lipinski definition) is 3. The van der Waals surface area contributed by atoms with E-state index in [1.165, 1.54) is 0 Å². The van der Waals surface area contributed by atoms with Crippen molar-refractivity contribution in [1.29, 1.82) is 0 Å². The van der Waals surface area contributed by atoms with Crippen molar-refractivity contribution < 1.29 is 4.74 Å². The largest absolute Gasteiger partial charge is 0.378 e. The molecule has 3 nitrogen and oxygen atoms in total. The zero-order chi connectivity index (χ0) is 13.2. The summed E-state index contributed by atoms with van der Waals surface area (Å²) in [5.41, 5.74) is 7.98. The summed E-state index contributed by atoms with van der Waals surface area (Å²) < 4.78 is 5.59. The molecule has 0 heterocycles. The molecule has 0 aliphatic heterocycles. The van der Waals surface area contributed by atoms with Crippen molar-refractivity contribution in [3.63, 3.8) is 0 Å². The molecule has 1 aliphatic carbocycles. The third kappa shape index (κ3) is 2.79. The fourth-order valence-corrected chi connectivity index (χ4v) is 2.64. The molecule has 4 heteroatoms. The lowest BCUT2D eigenvalue weighted by molar-refractivity contribution is -0.0271. The first-order valence-corrected chi connectivity index (χ1v) is 6.82. The van der Waals surface area contributed by atoms with Gasteiger partial charge in [0.15, 0.2) is 0 Å². The summed E-state index contributed by atoms with van der Waals surface area (Å²) in [5, 5.41) is 4.29. The monoisotopic (exact) mass is 268 g/mol. The molecule has 0 amide bonds. The van der Waals surface area contributed by atoms with Crippen molar-refractivity contribution in [3.8, 4) is 0 Å². The Bertz CT molecular complexity index is 416. The Morgan fingerprint density at radius 1 is 1.50 bits per heavy atom. The second-order valence-electron chi connectivity index (χ2n) is 5.06. The molecule has 18 heavy (non-hydrogen) atoms. The third-order valence-corrected chi connectivity index (χ3v) is 4.02. The first kappa shape index (κ1) is 13.7. The van der Waals surface area contributed by atoms with E-state index in [2.05, 4.69) is 5.32 Å². The fourth-order valence-electron chi connectivity index (χ4n) is 2.46. The normalized spacial score (nSPS) is 26.8. The second-order valence-corrected chi connectivity index (χ2v) is 5.47. The maximum absolute atomic E-state index is 6.13. The molecule has 1 saturated carbocycles. The molecule has 0 unspecified atom stereocenters. The number of aryl methyl sites for hydroxylation is 1. The lowest BCUT2D eigenvalue weighted by atomic mass is 9.74. The number of halogens is 1. The number of benzene rings is 1. The smallest absolute Gasteiger partial charge is 0.0620 e. The van der Waals surface area contributed by atoms with Crippen LogP contribution in [-0.2, 0) is 4.74 Å². The summed E-state index contributed by atoms with van der Waals surface area (Å²) in [7, 11) is 0. The molecule has 0 bridgehead atoms. The van der Waals surface area contributed by atoms with Gasteiger partial charge in [-0.05, 0) is 44.4 Å². The minimum absolute atomic E-state index is 0.0293. The van der Waals surface area contributed by atoms with Gasteiger partial charge in [-0.1, -0.05) is 17.7 Å². The number of rotatable bonds is 5. The molecular weight excluding hydrogens is 248 g/mol. The SMILES string of the molecule is CCOC1CC(CN)(Nc2ccc(C)c(Cl)c2)C1. The van der Waals surface area contributed by atoms with E-state index >= 15 is 0 Å². The molecule has 1 aliphatic rings.